The molecule has 0 saturated heterocycles. The molecular weight excluding hydrogens is 230 g/mol. The summed E-state index contributed by atoms with van der Waals surface area (Å²) in [6.45, 7) is 5.83. The highest BCUT2D eigenvalue weighted by atomic mass is 16.2. The van der Waals surface area contributed by atoms with E-state index in [1.54, 1.807) is 13.8 Å². The molecule has 1 rings (SSSR count). The van der Waals surface area contributed by atoms with Crippen LogP contribution < -0.4 is 16.8 Å². The molecule has 18 heavy (non-hydrogen) atoms. The lowest BCUT2D eigenvalue weighted by Gasteiger charge is -2.31. The number of hydrogen-bond acceptors (Lipinski definition) is 3. The molecule has 1 saturated carbocycles. The Morgan fingerprint density at radius 1 is 1.33 bits per heavy atom. The largest absolute Gasteiger partial charge is 0.369 e. The molecular formula is C13H25N3O2. The number of carbonyl (C=O) groups excluding carboxylic acids is 2. The van der Waals surface area contributed by atoms with Crippen molar-refractivity contribution >= 4 is 11.8 Å². The summed E-state index contributed by atoms with van der Waals surface area (Å²) in [6, 6.07) is 0.205. The maximum Gasteiger partial charge on any atom is 0.224 e. The molecule has 0 spiro atoms. The molecule has 0 radical (unpaired) electrons. The maximum atomic E-state index is 12.0. The molecule has 3 unspecified atom stereocenters. The Bertz CT molecular complexity index is 328. The van der Waals surface area contributed by atoms with Crippen LogP contribution in [0, 0.1) is 17.3 Å². The van der Waals surface area contributed by atoms with Crippen LogP contribution in [0.15, 0.2) is 0 Å². The Morgan fingerprint density at radius 3 is 2.44 bits per heavy atom. The standard InChI is InChI=1S/C13H25N3O2/c1-8-6-9(4-5-10(8)14)11(17)16-7-13(2,3)12(15)18/h8-10H,4-7,14H2,1-3H3,(H2,15,18)(H,16,17). The molecule has 0 heterocycles. The van der Waals surface area contributed by atoms with E-state index >= 15 is 0 Å². The van der Waals surface area contributed by atoms with Crippen molar-refractivity contribution in [1.29, 1.82) is 0 Å². The van der Waals surface area contributed by atoms with Crippen LogP contribution in [-0.2, 0) is 9.59 Å². The lowest BCUT2D eigenvalue weighted by atomic mass is 9.79. The van der Waals surface area contributed by atoms with Crippen molar-refractivity contribution in [2.45, 2.75) is 46.1 Å². The summed E-state index contributed by atoms with van der Waals surface area (Å²) in [6.07, 6.45) is 2.54. The molecule has 0 aromatic carbocycles. The van der Waals surface area contributed by atoms with Crippen molar-refractivity contribution in [1.82, 2.24) is 5.32 Å². The first kappa shape index (κ1) is 15.0. The van der Waals surface area contributed by atoms with Crippen LogP contribution in [0.3, 0.4) is 0 Å². The molecule has 104 valence electrons. The summed E-state index contributed by atoms with van der Waals surface area (Å²) in [5.74, 6) is 0.00652. The van der Waals surface area contributed by atoms with E-state index in [4.69, 9.17) is 11.5 Å². The number of nitrogens with one attached hydrogen (secondary N) is 1. The number of primary amides is 1. The van der Waals surface area contributed by atoms with Gasteiger partial charge in [0, 0.05) is 18.5 Å². The number of rotatable bonds is 4. The Morgan fingerprint density at radius 2 is 1.94 bits per heavy atom. The van der Waals surface area contributed by atoms with Gasteiger partial charge in [-0.2, -0.15) is 0 Å². The zero-order chi connectivity index (χ0) is 13.9. The van der Waals surface area contributed by atoms with Gasteiger partial charge in [-0.05, 0) is 39.0 Å². The van der Waals surface area contributed by atoms with Crippen molar-refractivity contribution < 1.29 is 9.59 Å². The Balaban J connectivity index is 2.45. The minimum Gasteiger partial charge on any atom is -0.369 e. The first-order valence-electron chi connectivity index (χ1n) is 6.57. The molecule has 3 atom stereocenters. The molecule has 5 heteroatoms. The maximum absolute atomic E-state index is 12.0. The summed E-state index contributed by atoms with van der Waals surface area (Å²) in [5, 5.41) is 2.83. The molecule has 0 aromatic rings. The average Bonchev–Trinajstić information content (AvgIpc) is 2.29. The molecule has 5 nitrogen and oxygen atoms in total. The normalized spacial score (nSPS) is 28.8. The van der Waals surface area contributed by atoms with Gasteiger partial charge in [-0.15, -0.1) is 0 Å². The van der Waals surface area contributed by atoms with E-state index in [2.05, 4.69) is 12.2 Å². The number of hydrogen-bond donors (Lipinski definition) is 3. The third-order valence-corrected chi connectivity index (χ3v) is 3.98. The third-order valence-electron chi connectivity index (χ3n) is 3.98. The highest BCUT2D eigenvalue weighted by Crippen LogP contribution is 2.28. The van der Waals surface area contributed by atoms with Crippen LogP contribution >= 0.6 is 0 Å². The predicted octanol–water partition coefficient (Wildman–Crippen LogP) is 0.378. The Hall–Kier alpha value is -1.10. The van der Waals surface area contributed by atoms with E-state index in [0.29, 0.717) is 5.92 Å². The fraction of sp³-hybridized carbons (Fsp3) is 0.846. The molecule has 1 aliphatic carbocycles. The van der Waals surface area contributed by atoms with Gasteiger partial charge in [0.25, 0.3) is 0 Å². The topological polar surface area (TPSA) is 98.2 Å². The van der Waals surface area contributed by atoms with Crippen LogP contribution in [0.25, 0.3) is 0 Å². The second-order valence-electron chi connectivity index (χ2n) is 6.12. The van der Waals surface area contributed by atoms with Crippen molar-refractivity contribution in [3.63, 3.8) is 0 Å². The van der Waals surface area contributed by atoms with Crippen molar-refractivity contribution in [3.05, 3.63) is 0 Å². The lowest BCUT2D eigenvalue weighted by molar-refractivity contribution is -0.129. The Kier molecular flexibility index (Phi) is 4.73. The van der Waals surface area contributed by atoms with Crippen LogP contribution in [0.2, 0.25) is 0 Å². The number of amides is 2. The molecule has 0 aliphatic heterocycles. The summed E-state index contributed by atoms with van der Waals surface area (Å²) >= 11 is 0. The van der Waals surface area contributed by atoms with Gasteiger partial charge >= 0.3 is 0 Å². The van der Waals surface area contributed by atoms with Gasteiger partial charge in [-0.1, -0.05) is 6.92 Å². The molecule has 0 bridgehead atoms. The van der Waals surface area contributed by atoms with Crippen LogP contribution in [0.5, 0.6) is 0 Å². The van der Waals surface area contributed by atoms with Gasteiger partial charge in [-0.3, -0.25) is 9.59 Å². The summed E-state index contributed by atoms with van der Waals surface area (Å²) in [7, 11) is 0. The molecule has 1 aliphatic rings. The van der Waals surface area contributed by atoms with E-state index in [1.165, 1.54) is 0 Å². The van der Waals surface area contributed by atoms with Crippen molar-refractivity contribution in [2.75, 3.05) is 6.54 Å². The monoisotopic (exact) mass is 255 g/mol. The van der Waals surface area contributed by atoms with E-state index in [-0.39, 0.29) is 24.4 Å². The number of nitrogens with two attached hydrogens (primary N) is 2. The van der Waals surface area contributed by atoms with E-state index < -0.39 is 11.3 Å². The Labute approximate surface area is 109 Å². The van der Waals surface area contributed by atoms with Crippen LogP contribution in [0.4, 0.5) is 0 Å². The summed E-state index contributed by atoms with van der Waals surface area (Å²) < 4.78 is 0. The smallest absolute Gasteiger partial charge is 0.224 e. The summed E-state index contributed by atoms with van der Waals surface area (Å²) in [4.78, 5) is 23.2. The lowest BCUT2D eigenvalue weighted by Crippen LogP contribution is -2.46. The fourth-order valence-corrected chi connectivity index (χ4v) is 2.20. The zero-order valence-electron chi connectivity index (χ0n) is 11.5. The van der Waals surface area contributed by atoms with Gasteiger partial charge in [0.05, 0.1) is 5.41 Å². The van der Waals surface area contributed by atoms with Crippen molar-refractivity contribution in [3.8, 4) is 0 Å². The molecule has 0 aromatic heterocycles. The van der Waals surface area contributed by atoms with Gasteiger partial charge in [0.2, 0.25) is 11.8 Å². The van der Waals surface area contributed by atoms with Gasteiger partial charge in [0.15, 0.2) is 0 Å². The van der Waals surface area contributed by atoms with Crippen LogP contribution in [-0.4, -0.2) is 24.4 Å². The quantitative estimate of drug-likeness (QED) is 0.677. The van der Waals surface area contributed by atoms with Crippen molar-refractivity contribution in [2.24, 2.45) is 28.7 Å². The molecule has 1 fully saturated rings. The number of carbonyl (C=O) groups is 2. The first-order chi connectivity index (χ1) is 8.24. The second-order valence-corrected chi connectivity index (χ2v) is 6.12. The van der Waals surface area contributed by atoms with E-state index in [1.807, 2.05) is 0 Å². The predicted molar refractivity (Wildman–Crippen MR) is 70.5 cm³/mol. The van der Waals surface area contributed by atoms with E-state index in [9.17, 15) is 9.59 Å². The average molecular weight is 255 g/mol. The minimum atomic E-state index is -0.702. The fourth-order valence-electron chi connectivity index (χ4n) is 2.20. The highest BCUT2D eigenvalue weighted by molar-refractivity contribution is 5.82. The second kappa shape index (κ2) is 5.69. The first-order valence-corrected chi connectivity index (χ1v) is 6.57. The SMILES string of the molecule is CC1CC(C(=O)NCC(C)(C)C(N)=O)CCC1N. The third kappa shape index (κ3) is 3.70. The van der Waals surface area contributed by atoms with Gasteiger partial charge in [-0.25, -0.2) is 0 Å². The molecule has 2 amide bonds. The molecule has 5 N–H and O–H groups in total. The summed E-state index contributed by atoms with van der Waals surface area (Å²) in [5.41, 5.74) is 10.5. The van der Waals surface area contributed by atoms with Gasteiger partial charge < -0.3 is 16.8 Å². The van der Waals surface area contributed by atoms with Crippen LogP contribution in [0.1, 0.15) is 40.0 Å². The van der Waals surface area contributed by atoms with E-state index in [0.717, 1.165) is 19.3 Å². The highest BCUT2D eigenvalue weighted by Gasteiger charge is 2.31. The zero-order valence-corrected chi connectivity index (χ0v) is 11.5. The van der Waals surface area contributed by atoms with Gasteiger partial charge in [0.1, 0.15) is 0 Å². The minimum absolute atomic E-state index is 0.0167.